The molecular formula is C9H14N2O3S. The van der Waals surface area contributed by atoms with Gasteiger partial charge in [0.1, 0.15) is 0 Å². The molecule has 1 unspecified atom stereocenters. The van der Waals surface area contributed by atoms with Gasteiger partial charge in [-0.15, -0.1) is 11.3 Å². The van der Waals surface area contributed by atoms with Crippen LogP contribution in [0.3, 0.4) is 0 Å². The summed E-state index contributed by atoms with van der Waals surface area (Å²) in [4.78, 5) is 12.8. The van der Waals surface area contributed by atoms with Gasteiger partial charge in [-0.3, -0.25) is 10.1 Å². The Balaban J connectivity index is 3.17. The summed E-state index contributed by atoms with van der Waals surface area (Å²) in [5.41, 5.74) is 0.0697. The Hall–Kier alpha value is -1.14. The maximum absolute atomic E-state index is 10.8. The summed E-state index contributed by atoms with van der Waals surface area (Å²) in [6, 6.07) is 1.44. The number of nitrogens with zero attached hydrogens (tertiary/aromatic N) is 2. The van der Waals surface area contributed by atoms with Gasteiger partial charge < -0.3 is 10.0 Å². The van der Waals surface area contributed by atoms with E-state index < -0.39 is 11.0 Å². The highest BCUT2D eigenvalue weighted by molar-refractivity contribution is 7.16. The molecular weight excluding hydrogens is 216 g/mol. The van der Waals surface area contributed by atoms with Gasteiger partial charge in [-0.05, 0) is 13.8 Å². The molecule has 0 saturated heterocycles. The first-order valence-corrected chi connectivity index (χ1v) is 5.46. The average Bonchev–Trinajstić information content (AvgIpc) is 2.61. The van der Waals surface area contributed by atoms with Crippen LogP contribution < -0.4 is 4.90 Å². The molecule has 0 radical (unpaired) electrons. The Kier molecular flexibility index (Phi) is 3.65. The molecule has 0 saturated carbocycles. The quantitative estimate of drug-likeness (QED) is 0.636. The largest absolute Gasteiger partial charge is 0.388 e. The van der Waals surface area contributed by atoms with Crippen LogP contribution in [-0.2, 0) is 0 Å². The van der Waals surface area contributed by atoms with Crippen LogP contribution in [-0.4, -0.2) is 23.6 Å². The molecule has 1 atom stereocenters. The number of rotatable bonds is 4. The van der Waals surface area contributed by atoms with E-state index in [1.165, 1.54) is 17.4 Å². The lowest BCUT2D eigenvalue weighted by atomic mass is 10.3. The fourth-order valence-corrected chi connectivity index (χ4v) is 2.23. The summed E-state index contributed by atoms with van der Waals surface area (Å²) >= 11 is 1.26. The minimum atomic E-state index is -0.660. The van der Waals surface area contributed by atoms with E-state index in [9.17, 15) is 15.2 Å². The van der Waals surface area contributed by atoms with Gasteiger partial charge in [-0.25, -0.2) is 0 Å². The lowest BCUT2D eigenvalue weighted by Crippen LogP contribution is -2.15. The highest BCUT2D eigenvalue weighted by Gasteiger charge is 2.22. The first-order valence-electron chi connectivity index (χ1n) is 4.64. The van der Waals surface area contributed by atoms with Crippen LogP contribution in [0, 0.1) is 10.1 Å². The van der Waals surface area contributed by atoms with Crippen LogP contribution in [0.1, 0.15) is 24.8 Å². The molecule has 0 aromatic carbocycles. The second-order valence-corrected chi connectivity index (χ2v) is 4.35. The van der Waals surface area contributed by atoms with Crippen molar-refractivity contribution in [3.05, 3.63) is 21.1 Å². The molecule has 0 bridgehead atoms. The number of thiophene rings is 1. The molecule has 1 N–H and O–H groups in total. The Morgan fingerprint density at radius 3 is 2.73 bits per heavy atom. The first-order chi connectivity index (χ1) is 6.97. The molecule has 0 aliphatic heterocycles. The molecule has 0 amide bonds. The standard InChI is InChI=1S/C9H14N2O3S/c1-4-10(3)9-7(11(13)14)5-8(15-9)6(2)12/h5-6,12H,4H2,1-3H3. The van der Waals surface area contributed by atoms with Gasteiger partial charge >= 0.3 is 5.69 Å². The molecule has 1 heterocycles. The molecule has 0 aliphatic carbocycles. The van der Waals surface area contributed by atoms with Crippen molar-refractivity contribution in [2.45, 2.75) is 20.0 Å². The second kappa shape index (κ2) is 4.59. The van der Waals surface area contributed by atoms with Crippen LogP contribution >= 0.6 is 11.3 Å². The van der Waals surface area contributed by atoms with Gasteiger partial charge in [0.15, 0.2) is 5.00 Å². The van der Waals surface area contributed by atoms with Crippen molar-refractivity contribution in [3.8, 4) is 0 Å². The third-order valence-electron chi connectivity index (χ3n) is 2.14. The minimum Gasteiger partial charge on any atom is -0.388 e. The minimum absolute atomic E-state index is 0.0697. The van der Waals surface area contributed by atoms with Crippen molar-refractivity contribution < 1.29 is 10.0 Å². The third-order valence-corrected chi connectivity index (χ3v) is 3.55. The zero-order chi connectivity index (χ0) is 11.6. The van der Waals surface area contributed by atoms with Crippen molar-refractivity contribution in [1.29, 1.82) is 0 Å². The number of nitro groups is 1. The Bertz CT molecular complexity index is 362. The van der Waals surface area contributed by atoms with Crippen LogP contribution in [0.25, 0.3) is 0 Å². The van der Waals surface area contributed by atoms with Crippen LogP contribution in [0.5, 0.6) is 0 Å². The van der Waals surface area contributed by atoms with E-state index in [4.69, 9.17) is 0 Å². The Morgan fingerprint density at radius 1 is 1.73 bits per heavy atom. The van der Waals surface area contributed by atoms with E-state index in [0.717, 1.165) is 0 Å². The average molecular weight is 230 g/mol. The molecule has 15 heavy (non-hydrogen) atoms. The molecule has 5 nitrogen and oxygen atoms in total. The van der Waals surface area contributed by atoms with E-state index in [1.807, 2.05) is 6.92 Å². The van der Waals surface area contributed by atoms with Crippen LogP contribution in [0.4, 0.5) is 10.7 Å². The van der Waals surface area contributed by atoms with Crippen molar-refractivity contribution in [2.75, 3.05) is 18.5 Å². The normalized spacial score (nSPS) is 12.5. The maximum Gasteiger partial charge on any atom is 0.304 e. The van der Waals surface area contributed by atoms with Gasteiger partial charge in [0, 0.05) is 24.5 Å². The SMILES string of the molecule is CCN(C)c1sc(C(C)O)cc1[N+](=O)[O-]. The molecule has 1 aromatic rings. The molecule has 0 aliphatic rings. The molecule has 1 aromatic heterocycles. The molecule has 1 rings (SSSR count). The van der Waals surface area contributed by atoms with Gasteiger partial charge in [0.2, 0.25) is 0 Å². The Morgan fingerprint density at radius 2 is 2.33 bits per heavy atom. The molecule has 84 valence electrons. The lowest BCUT2D eigenvalue weighted by Gasteiger charge is -2.12. The monoisotopic (exact) mass is 230 g/mol. The summed E-state index contributed by atoms with van der Waals surface area (Å²) in [6.07, 6.45) is -0.660. The van der Waals surface area contributed by atoms with Crippen molar-refractivity contribution >= 4 is 22.0 Å². The number of anilines is 1. The van der Waals surface area contributed by atoms with E-state index in [-0.39, 0.29) is 5.69 Å². The summed E-state index contributed by atoms with van der Waals surface area (Å²) in [6.45, 7) is 4.22. The highest BCUT2D eigenvalue weighted by atomic mass is 32.1. The van der Waals surface area contributed by atoms with Crippen molar-refractivity contribution in [2.24, 2.45) is 0 Å². The topological polar surface area (TPSA) is 66.6 Å². The van der Waals surface area contributed by atoms with Gasteiger partial charge in [-0.1, -0.05) is 0 Å². The lowest BCUT2D eigenvalue weighted by molar-refractivity contribution is -0.383. The molecule has 0 fully saturated rings. The van der Waals surface area contributed by atoms with Crippen LogP contribution in [0.15, 0.2) is 6.07 Å². The predicted octanol–water partition coefficient (Wildman–Crippen LogP) is 2.17. The van der Waals surface area contributed by atoms with Gasteiger partial charge in [0.25, 0.3) is 0 Å². The summed E-state index contributed by atoms with van der Waals surface area (Å²) in [5, 5.41) is 20.7. The van der Waals surface area contributed by atoms with E-state index in [0.29, 0.717) is 16.4 Å². The number of hydrogen-bond acceptors (Lipinski definition) is 5. The fourth-order valence-electron chi connectivity index (χ4n) is 1.14. The highest BCUT2D eigenvalue weighted by Crippen LogP contribution is 2.39. The zero-order valence-electron chi connectivity index (χ0n) is 8.93. The number of hydrogen-bond donors (Lipinski definition) is 1. The predicted molar refractivity (Wildman–Crippen MR) is 60.6 cm³/mol. The summed E-state index contributed by atoms with van der Waals surface area (Å²) < 4.78 is 0. The molecule has 6 heteroatoms. The van der Waals surface area contributed by atoms with Gasteiger partial charge in [0.05, 0.1) is 11.0 Å². The van der Waals surface area contributed by atoms with E-state index in [1.54, 1.807) is 18.9 Å². The fraction of sp³-hybridized carbons (Fsp3) is 0.556. The van der Waals surface area contributed by atoms with Crippen molar-refractivity contribution in [3.63, 3.8) is 0 Å². The summed E-state index contributed by atoms with van der Waals surface area (Å²) in [7, 11) is 1.80. The van der Waals surface area contributed by atoms with Gasteiger partial charge in [-0.2, -0.15) is 0 Å². The summed E-state index contributed by atoms with van der Waals surface area (Å²) in [5.74, 6) is 0. The first kappa shape index (κ1) is 11.9. The zero-order valence-corrected chi connectivity index (χ0v) is 9.74. The number of aliphatic hydroxyl groups excluding tert-OH is 1. The smallest absolute Gasteiger partial charge is 0.304 e. The van der Waals surface area contributed by atoms with E-state index in [2.05, 4.69) is 0 Å². The number of aliphatic hydroxyl groups is 1. The van der Waals surface area contributed by atoms with Crippen molar-refractivity contribution in [1.82, 2.24) is 0 Å². The van der Waals surface area contributed by atoms with E-state index >= 15 is 0 Å². The molecule has 0 spiro atoms. The second-order valence-electron chi connectivity index (χ2n) is 3.29. The third kappa shape index (κ3) is 2.45. The van der Waals surface area contributed by atoms with Crippen LogP contribution in [0.2, 0.25) is 0 Å². The maximum atomic E-state index is 10.8. The Labute approximate surface area is 92.1 Å².